The molecule has 1 saturated heterocycles. The highest BCUT2D eigenvalue weighted by molar-refractivity contribution is 5.83. The van der Waals surface area contributed by atoms with E-state index < -0.39 is 24.1 Å². The average Bonchev–Trinajstić information content (AvgIpc) is 2.53. The Morgan fingerprint density at radius 2 is 2.10 bits per heavy atom. The van der Waals surface area contributed by atoms with Gasteiger partial charge in [0.2, 0.25) is 0 Å². The van der Waals surface area contributed by atoms with Crippen molar-refractivity contribution in [3.63, 3.8) is 0 Å². The summed E-state index contributed by atoms with van der Waals surface area (Å²) >= 11 is 0. The molecule has 1 fully saturated rings. The molecule has 2 amide bonds. The summed E-state index contributed by atoms with van der Waals surface area (Å²) in [6, 6.07) is 6.92. The predicted molar refractivity (Wildman–Crippen MR) is 73.7 cm³/mol. The number of hydrogen-bond donors (Lipinski definition) is 3. The number of carboxylic acids is 1. The normalized spacial score (nSPS) is 19.9. The van der Waals surface area contributed by atoms with Gasteiger partial charge in [-0.05, 0) is 5.56 Å². The number of benzene rings is 1. The zero-order valence-corrected chi connectivity index (χ0v) is 11.4. The van der Waals surface area contributed by atoms with Crippen LogP contribution in [0.2, 0.25) is 0 Å². The van der Waals surface area contributed by atoms with Crippen LogP contribution in [0.5, 0.6) is 0 Å². The second-order valence-electron chi connectivity index (χ2n) is 4.75. The van der Waals surface area contributed by atoms with Gasteiger partial charge in [0, 0.05) is 6.54 Å². The topological polar surface area (TPSA) is 99.1 Å². The summed E-state index contributed by atoms with van der Waals surface area (Å²) in [6.45, 7) is 0.749. The van der Waals surface area contributed by atoms with Crippen LogP contribution in [0.25, 0.3) is 0 Å². The smallest absolute Gasteiger partial charge is 0.330 e. The van der Waals surface area contributed by atoms with Crippen LogP contribution in [0.4, 0.5) is 4.79 Å². The third-order valence-corrected chi connectivity index (χ3v) is 3.28. The molecule has 2 atom stereocenters. The molecule has 7 heteroatoms. The van der Waals surface area contributed by atoms with Gasteiger partial charge in [0.15, 0.2) is 6.04 Å². The summed E-state index contributed by atoms with van der Waals surface area (Å²) in [6.07, 6.45) is -0.426. The van der Waals surface area contributed by atoms with E-state index in [0.29, 0.717) is 18.7 Å². The van der Waals surface area contributed by atoms with Gasteiger partial charge in [-0.25, -0.2) is 9.59 Å². The van der Waals surface area contributed by atoms with Crippen LogP contribution in [0.3, 0.4) is 0 Å². The molecule has 0 spiro atoms. The van der Waals surface area contributed by atoms with E-state index in [-0.39, 0.29) is 13.2 Å². The second-order valence-corrected chi connectivity index (χ2v) is 4.75. The summed E-state index contributed by atoms with van der Waals surface area (Å²) in [5, 5.41) is 20.8. The fourth-order valence-electron chi connectivity index (χ4n) is 2.16. The quantitative estimate of drug-likeness (QED) is 0.737. The summed E-state index contributed by atoms with van der Waals surface area (Å²) < 4.78 is 5.26. The standard InChI is InChI=1S/C14H18N2O5/c17-9-11-8-16(6-7-21-11)14(20)15-12(13(18)19)10-4-2-1-3-5-10/h1-5,11-12,17H,6-9H2,(H,15,20)(H,18,19)/t11?,12-/m1/s1. The molecule has 0 aromatic heterocycles. The Morgan fingerprint density at radius 3 is 2.71 bits per heavy atom. The number of carbonyl (C=O) groups is 2. The summed E-state index contributed by atoms with van der Waals surface area (Å²) in [4.78, 5) is 25.0. The lowest BCUT2D eigenvalue weighted by Gasteiger charge is -2.32. The van der Waals surface area contributed by atoms with Crippen molar-refractivity contribution in [2.45, 2.75) is 12.1 Å². The van der Waals surface area contributed by atoms with Crippen LogP contribution in [0.1, 0.15) is 11.6 Å². The number of rotatable bonds is 4. The monoisotopic (exact) mass is 294 g/mol. The summed E-state index contributed by atoms with van der Waals surface area (Å²) in [7, 11) is 0. The molecule has 1 unspecified atom stereocenters. The number of nitrogens with one attached hydrogen (secondary N) is 1. The maximum Gasteiger partial charge on any atom is 0.330 e. The molecule has 0 radical (unpaired) electrons. The fraction of sp³-hybridized carbons (Fsp3) is 0.429. The van der Waals surface area contributed by atoms with E-state index in [2.05, 4.69) is 5.32 Å². The molecule has 7 nitrogen and oxygen atoms in total. The molecule has 1 aromatic carbocycles. The van der Waals surface area contributed by atoms with Crippen molar-refractivity contribution in [2.24, 2.45) is 0 Å². The number of ether oxygens (including phenoxy) is 1. The number of aliphatic hydroxyl groups is 1. The van der Waals surface area contributed by atoms with E-state index in [4.69, 9.17) is 9.84 Å². The lowest BCUT2D eigenvalue weighted by molar-refractivity contribution is -0.139. The maximum atomic E-state index is 12.2. The summed E-state index contributed by atoms with van der Waals surface area (Å²) in [5.74, 6) is -1.12. The zero-order chi connectivity index (χ0) is 15.2. The van der Waals surface area contributed by atoms with Crippen LogP contribution in [0, 0.1) is 0 Å². The molecule has 2 rings (SSSR count). The second kappa shape index (κ2) is 7.05. The number of aliphatic carboxylic acids is 1. The van der Waals surface area contributed by atoms with Crippen LogP contribution in [-0.4, -0.2) is 59.5 Å². The van der Waals surface area contributed by atoms with E-state index in [0.717, 1.165) is 0 Å². The van der Waals surface area contributed by atoms with Gasteiger partial charge >= 0.3 is 12.0 Å². The van der Waals surface area contributed by atoms with Crippen molar-refractivity contribution in [1.29, 1.82) is 0 Å². The van der Waals surface area contributed by atoms with Crippen LogP contribution < -0.4 is 5.32 Å². The Balaban J connectivity index is 2.03. The molecule has 1 aliphatic heterocycles. The van der Waals surface area contributed by atoms with Crippen LogP contribution in [-0.2, 0) is 9.53 Å². The number of carboxylic acid groups (broad SMARTS) is 1. The molecular weight excluding hydrogens is 276 g/mol. The zero-order valence-electron chi connectivity index (χ0n) is 11.4. The van der Waals surface area contributed by atoms with Gasteiger partial charge in [-0.2, -0.15) is 0 Å². The molecule has 1 aromatic rings. The minimum atomic E-state index is -1.12. The third kappa shape index (κ3) is 3.93. The first-order chi connectivity index (χ1) is 10.1. The highest BCUT2D eigenvalue weighted by Gasteiger charge is 2.28. The molecule has 114 valence electrons. The molecule has 0 aliphatic carbocycles. The number of amides is 2. The highest BCUT2D eigenvalue weighted by Crippen LogP contribution is 2.14. The Hall–Kier alpha value is -2.12. The first-order valence-electron chi connectivity index (χ1n) is 6.67. The van der Waals surface area contributed by atoms with E-state index >= 15 is 0 Å². The average molecular weight is 294 g/mol. The number of urea groups is 1. The first kappa shape index (κ1) is 15.3. The van der Waals surface area contributed by atoms with Gasteiger partial charge in [-0.15, -0.1) is 0 Å². The maximum absolute atomic E-state index is 12.2. The van der Waals surface area contributed by atoms with Crippen molar-refractivity contribution in [3.8, 4) is 0 Å². The molecule has 0 bridgehead atoms. The Kier molecular flexibility index (Phi) is 5.13. The molecule has 3 N–H and O–H groups in total. The minimum Gasteiger partial charge on any atom is -0.479 e. The third-order valence-electron chi connectivity index (χ3n) is 3.28. The highest BCUT2D eigenvalue weighted by atomic mass is 16.5. The Morgan fingerprint density at radius 1 is 1.38 bits per heavy atom. The molecule has 0 saturated carbocycles. The van der Waals surface area contributed by atoms with E-state index in [1.807, 2.05) is 0 Å². The van der Waals surface area contributed by atoms with E-state index in [9.17, 15) is 14.7 Å². The van der Waals surface area contributed by atoms with Gasteiger partial charge < -0.3 is 25.2 Å². The van der Waals surface area contributed by atoms with Crippen molar-refractivity contribution in [2.75, 3.05) is 26.3 Å². The number of carbonyl (C=O) groups excluding carboxylic acids is 1. The number of aliphatic hydroxyl groups excluding tert-OH is 1. The number of hydrogen-bond acceptors (Lipinski definition) is 4. The minimum absolute atomic E-state index is 0.176. The number of morpholine rings is 1. The van der Waals surface area contributed by atoms with E-state index in [1.54, 1.807) is 30.3 Å². The van der Waals surface area contributed by atoms with Crippen LogP contribution in [0.15, 0.2) is 30.3 Å². The lowest BCUT2D eigenvalue weighted by Crippen LogP contribution is -2.51. The first-order valence-corrected chi connectivity index (χ1v) is 6.67. The van der Waals surface area contributed by atoms with Gasteiger partial charge in [0.05, 0.1) is 25.9 Å². The SMILES string of the molecule is O=C(O)[C@H](NC(=O)N1CCOC(CO)C1)c1ccccc1. The van der Waals surface area contributed by atoms with Crippen molar-refractivity contribution < 1.29 is 24.5 Å². The van der Waals surface area contributed by atoms with Gasteiger partial charge in [0.25, 0.3) is 0 Å². The number of nitrogens with zero attached hydrogens (tertiary/aromatic N) is 1. The van der Waals surface area contributed by atoms with E-state index in [1.165, 1.54) is 4.90 Å². The van der Waals surface area contributed by atoms with Crippen molar-refractivity contribution in [3.05, 3.63) is 35.9 Å². The molecular formula is C14H18N2O5. The summed E-state index contributed by atoms with van der Waals surface area (Å²) in [5.41, 5.74) is 0.505. The molecule has 1 heterocycles. The van der Waals surface area contributed by atoms with Crippen molar-refractivity contribution >= 4 is 12.0 Å². The predicted octanol–water partition coefficient (Wildman–Crippen LogP) is 0.215. The lowest BCUT2D eigenvalue weighted by atomic mass is 10.1. The Labute approximate surface area is 122 Å². The fourth-order valence-corrected chi connectivity index (χ4v) is 2.16. The Bertz CT molecular complexity index is 493. The molecule has 21 heavy (non-hydrogen) atoms. The van der Waals surface area contributed by atoms with Gasteiger partial charge in [-0.3, -0.25) is 0 Å². The largest absolute Gasteiger partial charge is 0.479 e. The van der Waals surface area contributed by atoms with Crippen molar-refractivity contribution in [1.82, 2.24) is 10.2 Å². The van der Waals surface area contributed by atoms with Gasteiger partial charge in [0.1, 0.15) is 0 Å². The molecule has 1 aliphatic rings. The van der Waals surface area contributed by atoms with Gasteiger partial charge in [-0.1, -0.05) is 30.3 Å². The van der Waals surface area contributed by atoms with Crippen LogP contribution >= 0.6 is 0 Å².